The number of rotatable bonds is 1. The Morgan fingerprint density at radius 1 is 1.50 bits per heavy atom. The molecule has 0 saturated heterocycles. The highest BCUT2D eigenvalue weighted by Crippen LogP contribution is 2.11. The van der Waals surface area contributed by atoms with Crippen LogP contribution in [-0.2, 0) is 0 Å². The monoisotopic (exact) mass is 199 g/mol. The van der Waals surface area contributed by atoms with Crippen molar-refractivity contribution in [3.8, 4) is 0 Å². The molecule has 10 heavy (non-hydrogen) atoms. The first kappa shape index (κ1) is 7.80. The van der Waals surface area contributed by atoms with Gasteiger partial charge in [0.1, 0.15) is 13.1 Å². The SMILES string of the molecule is C[B]c1ccc(Br)c(F)c1. The third-order valence-corrected chi connectivity index (χ3v) is 1.92. The molecule has 0 aliphatic carbocycles. The van der Waals surface area contributed by atoms with E-state index in [2.05, 4.69) is 15.9 Å². The van der Waals surface area contributed by atoms with Gasteiger partial charge in [-0.3, -0.25) is 0 Å². The molecule has 0 nitrogen and oxygen atoms in total. The van der Waals surface area contributed by atoms with Gasteiger partial charge in [-0.25, -0.2) is 4.39 Å². The number of halogens is 2. The Bertz CT molecular complexity index is 237. The van der Waals surface area contributed by atoms with Crippen LogP contribution in [0.3, 0.4) is 0 Å². The van der Waals surface area contributed by atoms with E-state index in [1.165, 1.54) is 6.07 Å². The third kappa shape index (κ3) is 1.60. The van der Waals surface area contributed by atoms with Gasteiger partial charge in [0.25, 0.3) is 0 Å². The minimum Gasteiger partial charge on any atom is -0.206 e. The fraction of sp³-hybridized carbons (Fsp3) is 0.143. The largest absolute Gasteiger partial charge is 0.206 e. The first-order valence-corrected chi connectivity index (χ1v) is 3.78. The highest BCUT2D eigenvalue weighted by atomic mass is 79.9. The normalized spacial score (nSPS) is 9.50. The summed E-state index contributed by atoms with van der Waals surface area (Å²) in [5, 5.41) is 0. The molecule has 1 rings (SSSR count). The van der Waals surface area contributed by atoms with E-state index in [9.17, 15) is 4.39 Å². The van der Waals surface area contributed by atoms with Crippen LogP contribution in [-0.4, -0.2) is 7.28 Å². The molecule has 51 valence electrons. The van der Waals surface area contributed by atoms with E-state index in [0.717, 1.165) is 5.46 Å². The smallest absolute Gasteiger partial charge is 0.148 e. The van der Waals surface area contributed by atoms with Gasteiger partial charge in [-0.1, -0.05) is 18.4 Å². The highest BCUT2D eigenvalue weighted by molar-refractivity contribution is 9.10. The Labute approximate surface area is 68.8 Å². The van der Waals surface area contributed by atoms with Gasteiger partial charge in [-0.2, -0.15) is 0 Å². The molecule has 1 aromatic carbocycles. The van der Waals surface area contributed by atoms with Crippen LogP contribution in [0.5, 0.6) is 0 Å². The predicted octanol–water partition coefficient (Wildman–Crippen LogP) is 1.97. The summed E-state index contributed by atoms with van der Waals surface area (Å²) in [6.07, 6.45) is 0. The van der Waals surface area contributed by atoms with Crippen LogP contribution < -0.4 is 5.46 Å². The third-order valence-electron chi connectivity index (χ3n) is 1.28. The van der Waals surface area contributed by atoms with E-state index in [1.807, 2.05) is 20.2 Å². The number of hydrogen-bond acceptors (Lipinski definition) is 0. The Morgan fingerprint density at radius 2 is 2.20 bits per heavy atom. The van der Waals surface area contributed by atoms with Crippen molar-refractivity contribution in [2.45, 2.75) is 6.82 Å². The van der Waals surface area contributed by atoms with Crippen molar-refractivity contribution in [1.29, 1.82) is 0 Å². The summed E-state index contributed by atoms with van der Waals surface area (Å²) in [7, 11) is 1.86. The lowest BCUT2D eigenvalue weighted by molar-refractivity contribution is 0.622. The van der Waals surface area contributed by atoms with Crippen LogP contribution in [0.1, 0.15) is 0 Å². The van der Waals surface area contributed by atoms with Crippen LogP contribution >= 0.6 is 15.9 Å². The number of benzene rings is 1. The summed E-state index contributed by atoms with van der Waals surface area (Å²) in [4.78, 5) is 0. The van der Waals surface area contributed by atoms with Crippen molar-refractivity contribution in [2.24, 2.45) is 0 Å². The summed E-state index contributed by atoms with van der Waals surface area (Å²) in [6, 6.07) is 5.04. The maximum Gasteiger partial charge on any atom is 0.148 e. The molecule has 0 N–H and O–H groups in total. The molecule has 0 unspecified atom stereocenters. The summed E-state index contributed by atoms with van der Waals surface area (Å²) in [6.45, 7) is 1.88. The lowest BCUT2D eigenvalue weighted by Crippen LogP contribution is -2.10. The van der Waals surface area contributed by atoms with E-state index >= 15 is 0 Å². The maximum absolute atomic E-state index is 12.7. The van der Waals surface area contributed by atoms with Crippen LogP contribution in [0.25, 0.3) is 0 Å². The molecule has 3 heteroatoms. The van der Waals surface area contributed by atoms with Gasteiger partial charge in [0.05, 0.1) is 4.47 Å². The molecule has 1 radical (unpaired) electrons. The van der Waals surface area contributed by atoms with Crippen LogP contribution in [0.2, 0.25) is 6.82 Å². The molecule has 0 aromatic heterocycles. The fourth-order valence-corrected chi connectivity index (χ4v) is 0.939. The molecule has 0 saturated carbocycles. The standard InChI is InChI=1S/C7H6BBrF/c1-8-5-2-3-6(9)7(10)4-5/h2-4H,1H3. The first-order valence-electron chi connectivity index (χ1n) is 2.98. The van der Waals surface area contributed by atoms with Gasteiger partial charge in [-0.15, -0.1) is 0 Å². The van der Waals surface area contributed by atoms with Crippen LogP contribution in [0.15, 0.2) is 22.7 Å². The second kappa shape index (κ2) is 3.19. The topological polar surface area (TPSA) is 0 Å². The molecular formula is C7H6BBrF. The fourth-order valence-electron chi connectivity index (χ4n) is 0.692. The zero-order valence-corrected chi connectivity index (χ0v) is 7.15. The Hall–Kier alpha value is -0.305. The zero-order valence-electron chi connectivity index (χ0n) is 5.57. The summed E-state index contributed by atoms with van der Waals surface area (Å²) < 4.78 is 13.2. The van der Waals surface area contributed by atoms with E-state index in [1.54, 1.807) is 6.07 Å². The lowest BCUT2D eigenvalue weighted by atomic mass is 9.73. The molecule has 0 atom stereocenters. The van der Waals surface area contributed by atoms with Crippen molar-refractivity contribution in [1.82, 2.24) is 0 Å². The molecule has 0 aliphatic rings. The van der Waals surface area contributed by atoms with Gasteiger partial charge >= 0.3 is 0 Å². The van der Waals surface area contributed by atoms with Gasteiger partial charge in [0.2, 0.25) is 0 Å². The summed E-state index contributed by atoms with van der Waals surface area (Å²) >= 11 is 3.07. The van der Waals surface area contributed by atoms with Crippen LogP contribution in [0, 0.1) is 5.82 Å². The second-order valence-electron chi connectivity index (χ2n) is 1.96. The quantitative estimate of drug-likeness (QED) is 0.607. The molecule has 0 spiro atoms. The predicted molar refractivity (Wildman–Crippen MR) is 45.4 cm³/mol. The van der Waals surface area contributed by atoms with Gasteiger partial charge < -0.3 is 0 Å². The molecule has 0 heterocycles. The minimum absolute atomic E-state index is 0.212. The van der Waals surface area contributed by atoms with Crippen molar-refractivity contribution in [3.63, 3.8) is 0 Å². The molecule has 0 amide bonds. The van der Waals surface area contributed by atoms with Crippen molar-refractivity contribution in [3.05, 3.63) is 28.5 Å². The van der Waals surface area contributed by atoms with E-state index in [0.29, 0.717) is 4.47 Å². The van der Waals surface area contributed by atoms with Gasteiger partial charge in [0.15, 0.2) is 0 Å². The maximum atomic E-state index is 12.7. The second-order valence-corrected chi connectivity index (χ2v) is 2.82. The van der Waals surface area contributed by atoms with Gasteiger partial charge in [-0.05, 0) is 28.1 Å². The Kier molecular flexibility index (Phi) is 2.49. The van der Waals surface area contributed by atoms with Gasteiger partial charge in [0, 0.05) is 0 Å². The summed E-state index contributed by atoms with van der Waals surface area (Å²) in [5.41, 5.74) is 0.903. The van der Waals surface area contributed by atoms with Crippen molar-refractivity contribution >= 4 is 28.7 Å². The van der Waals surface area contributed by atoms with Crippen molar-refractivity contribution in [2.75, 3.05) is 0 Å². The average Bonchev–Trinajstić information content (AvgIpc) is 1.95. The molecule has 0 aliphatic heterocycles. The summed E-state index contributed by atoms with van der Waals surface area (Å²) in [5.74, 6) is -0.212. The zero-order chi connectivity index (χ0) is 7.56. The van der Waals surface area contributed by atoms with E-state index in [4.69, 9.17) is 0 Å². The Balaban J connectivity index is 3.04. The minimum atomic E-state index is -0.212. The molecule has 0 bridgehead atoms. The Morgan fingerprint density at radius 3 is 2.70 bits per heavy atom. The average molecular weight is 200 g/mol. The highest BCUT2D eigenvalue weighted by Gasteiger charge is 1.97. The molecule has 1 aromatic rings. The number of hydrogen-bond donors (Lipinski definition) is 0. The van der Waals surface area contributed by atoms with E-state index < -0.39 is 0 Å². The molecule has 0 fully saturated rings. The van der Waals surface area contributed by atoms with E-state index in [-0.39, 0.29) is 5.82 Å². The molecular weight excluding hydrogens is 194 g/mol. The van der Waals surface area contributed by atoms with Crippen LogP contribution in [0.4, 0.5) is 4.39 Å². The lowest BCUT2D eigenvalue weighted by Gasteiger charge is -1.96. The van der Waals surface area contributed by atoms with Crippen molar-refractivity contribution < 1.29 is 4.39 Å². The first-order chi connectivity index (χ1) is 4.74.